The molecule has 1 unspecified atom stereocenters. The second-order valence-electron chi connectivity index (χ2n) is 1.49. The second-order valence-corrected chi connectivity index (χ2v) is 1.49. The van der Waals surface area contributed by atoms with E-state index in [4.69, 9.17) is 10.8 Å². The van der Waals surface area contributed by atoms with E-state index in [-0.39, 0.29) is 0 Å². The Morgan fingerprint density at radius 3 is 2.67 bits per heavy atom. The Morgan fingerprint density at radius 2 is 2.44 bits per heavy atom. The molecule has 0 aliphatic carbocycles. The third kappa shape index (κ3) is 0.789. The van der Waals surface area contributed by atoms with Crippen molar-refractivity contribution in [3.05, 3.63) is 0 Å². The minimum Gasteiger partial charge on any atom is -0.477 e. The first kappa shape index (κ1) is 5.83. The van der Waals surface area contributed by atoms with Gasteiger partial charge in [-0.3, -0.25) is 5.73 Å². The highest BCUT2D eigenvalue weighted by molar-refractivity contribution is 5.81. The van der Waals surface area contributed by atoms with E-state index in [1.165, 1.54) is 0 Å². The van der Waals surface area contributed by atoms with Crippen molar-refractivity contribution in [2.75, 3.05) is 0 Å². The van der Waals surface area contributed by atoms with Crippen molar-refractivity contribution in [3.8, 4) is 0 Å². The average molecular weight is 128 g/mol. The molecular weight excluding hydrogens is 124 g/mol. The molecule has 1 heterocycles. The maximum atomic E-state index is 10.1. The van der Waals surface area contributed by atoms with Gasteiger partial charge in [-0.15, -0.1) is 10.2 Å². The molecule has 0 fully saturated rings. The first-order valence-electron chi connectivity index (χ1n) is 2.13. The van der Waals surface area contributed by atoms with Crippen molar-refractivity contribution in [3.63, 3.8) is 0 Å². The fourth-order valence-electron chi connectivity index (χ4n) is 0.351. The van der Waals surface area contributed by atoms with Crippen LogP contribution in [0.25, 0.3) is 0 Å². The van der Waals surface area contributed by atoms with Crippen molar-refractivity contribution < 1.29 is 9.90 Å². The summed E-state index contributed by atoms with van der Waals surface area (Å²) in [6, 6.07) is 0. The number of hydrogen-bond donors (Lipinski definition) is 2. The minimum absolute atomic E-state index is 1.01. The van der Waals surface area contributed by atoms with Crippen LogP contribution >= 0.6 is 0 Å². The van der Waals surface area contributed by atoms with Gasteiger partial charge in [-0.2, -0.15) is 0 Å². The van der Waals surface area contributed by atoms with Gasteiger partial charge in [0.05, 0.1) is 0 Å². The lowest BCUT2D eigenvalue weighted by atomic mass is 10.4. The number of hydrogen-bond acceptors (Lipinski definition) is 5. The van der Waals surface area contributed by atoms with Crippen LogP contribution in [0.15, 0.2) is 15.2 Å². The zero-order chi connectivity index (χ0) is 6.91. The summed E-state index contributed by atoms with van der Waals surface area (Å²) in [6.07, 6.45) is 1.01. The molecule has 1 aliphatic rings. The van der Waals surface area contributed by atoms with Crippen molar-refractivity contribution >= 4 is 12.3 Å². The summed E-state index contributed by atoms with van der Waals surface area (Å²) >= 11 is 0. The quantitative estimate of drug-likeness (QED) is 0.482. The molecule has 6 nitrogen and oxygen atoms in total. The van der Waals surface area contributed by atoms with Crippen LogP contribution < -0.4 is 5.73 Å². The van der Waals surface area contributed by atoms with Gasteiger partial charge >= 0.3 is 11.8 Å². The second kappa shape index (κ2) is 1.59. The SMILES string of the molecule is NC1(C(=O)O)N=CN=N1. The Bertz CT molecular complexity index is 184. The number of azo groups is 1. The van der Waals surface area contributed by atoms with Crippen LogP contribution in [0.2, 0.25) is 0 Å². The first-order valence-corrected chi connectivity index (χ1v) is 2.13. The largest absolute Gasteiger partial charge is 0.477 e. The van der Waals surface area contributed by atoms with Gasteiger partial charge in [0, 0.05) is 0 Å². The predicted octanol–water partition coefficient (Wildman–Crippen LogP) is -0.822. The minimum atomic E-state index is -1.86. The molecule has 0 aromatic heterocycles. The van der Waals surface area contributed by atoms with Gasteiger partial charge < -0.3 is 5.11 Å². The van der Waals surface area contributed by atoms with E-state index in [1.54, 1.807) is 0 Å². The lowest BCUT2D eigenvalue weighted by Crippen LogP contribution is -2.42. The van der Waals surface area contributed by atoms with Crippen molar-refractivity contribution in [1.29, 1.82) is 0 Å². The maximum absolute atomic E-state index is 10.1. The standard InChI is InChI=1S/C3H4N4O2/c4-3(2(8)9)5-1-6-7-3/h1H,4H2,(H,8,9). The van der Waals surface area contributed by atoms with E-state index < -0.39 is 11.8 Å². The number of nitrogens with zero attached hydrogens (tertiary/aromatic N) is 3. The van der Waals surface area contributed by atoms with Crippen LogP contribution in [0.4, 0.5) is 0 Å². The third-order valence-electron chi connectivity index (χ3n) is 0.831. The number of nitrogens with two attached hydrogens (primary N) is 1. The van der Waals surface area contributed by atoms with Gasteiger partial charge in [0.2, 0.25) is 0 Å². The van der Waals surface area contributed by atoms with Crippen LogP contribution in [-0.2, 0) is 4.79 Å². The molecule has 0 saturated heterocycles. The van der Waals surface area contributed by atoms with Crippen LogP contribution in [0, 0.1) is 0 Å². The Labute approximate surface area is 50.1 Å². The van der Waals surface area contributed by atoms with Crippen LogP contribution in [0.1, 0.15) is 0 Å². The van der Waals surface area contributed by atoms with Gasteiger partial charge in [0.15, 0.2) is 0 Å². The number of rotatable bonds is 1. The summed E-state index contributed by atoms with van der Waals surface area (Å²) in [4.78, 5) is 13.4. The summed E-state index contributed by atoms with van der Waals surface area (Å²) in [5.41, 5.74) is 5.04. The summed E-state index contributed by atoms with van der Waals surface area (Å²) in [5, 5.41) is 14.6. The van der Waals surface area contributed by atoms with Crippen LogP contribution in [0.5, 0.6) is 0 Å². The molecule has 1 rings (SSSR count). The molecule has 0 spiro atoms. The van der Waals surface area contributed by atoms with E-state index in [0.717, 1.165) is 6.34 Å². The van der Waals surface area contributed by atoms with Gasteiger partial charge in [-0.25, -0.2) is 9.79 Å². The Balaban J connectivity index is 2.88. The number of aliphatic imine (C=N–C) groups is 1. The van der Waals surface area contributed by atoms with Gasteiger partial charge in [-0.1, -0.05) is 0 Å². The number of aliphatic carboxylic acids is 1. The molecule has 1 aliphatic heterocycles. The van der Waals surface area contributed by atoms with E-state index in [1.807, 2.05) is 0 Å². The molecule has 48 valence electrons. The molecule has 6 heteroatoms. The molecule has 9 heavy (non-hydrogen) atoms. The normalized spacial score (nSPS) is 31.2. The van der Waals surface area contributed by atoms with Crippen LogP contribution in [-0.4, -0.2) is 23.2 Å². The molecule has 0 bridgehead atoms. The summed E-state index contributed by atoms with van der Waals surface area (Å²) in [7, 11) is 0. The van der Waals surface area contributed by atoms with Gasteiger partial charge in [0.1, 0.15) is 6.34 Å². The predicted molar refractivity (Wildman–Crippen MR) is 27.9 cm³/mol. The van der Waals surface area contributed by atoms with Crippen molar-refractivity contribution in [2.24, 2.45) is 21.0 Å². The van der Waals surface area contributed by atoms with Gasteiger partial charge in [0.25, 0.3) is 0 Å². The fourth-order valence-corrected chi connectivity index (χ4v) is 0.351. The molecular formula is C3H4N4O2. The van der Waals surface area contributed by atoms with E-state index in [9.17, 15) is 4.79 Å². The molecule has 1 atom stereocenters. The molecule has 0 radical (unpaired) electrons. The summed E-state index contributed by atoms with van der Waals surface area (Å²) < 4.78 is 0. The number of carboxylic acids is 1. The smallest absolute Gasteiger partial charge is 0.372 e. The molecule has 3 N–H and O–H groups in total. The lowest BCUT2D eigenvalue weighted by Gasteiger charge is -2.06. The van der Waals surface area contributed by atoms with E-state index in [0.29, 0.717) is 0 Å². The van der Waals surface area contributed by atoms with Crippen LogP contribution in [0.3, 0.4) is 0 Å². The third-order valence-corrected chi connectivity index (χ3v) is 0.831. The lowest BCUT2D eigenvalue weighted by molar-refractivity contribution is -0.142. The van der Waals surface area contributed by atoms with Gasteiger partial charge in [-0.05, 0) is 0 Å². The number of carbonyl (C=O) groups is 1. The Hall–Kier alpha value is -1.30. The number of carboxylic acid groups (broad SMARTS) is 1. The Morgan fingerprint density at radius 1 is 1.78 bits per heavy atom. The maximum Gasteiger partial charge on any atom is 0.372 e. The zero-order valence-corrected chi connectivity index (χ0v) is 4.35. The van der Waals surface area contributed by atoms with Crippen molar-refractivity contribution in [2.45, 2.75) is 5.79 Å². The topological polar surface area (TPSA) is 100 Å². The highest BCUT2D eigenvalue weighted by Gasteiger charge is 2.35. The molecule has 0 aromatic rings. The first-order chi connectivity index (χ1) is 4.15. The fraction of sp³-hybridized carbons (Fsp3) is 0.333. The summed E-state index contributed by atoms with van der Waals surface area (Å²) in [5.74, 6) is -3.17. The molecule has 0 saturated carbocycles. The van der Waals surface area contributed by atoms with E-state index >= 15 is 0 Å². The molecule has 0 amide bonds. The average Bonchev–Trinajstić information content (AvgIpc) is 2.16. The summed E-state index contributed by atoms with van der Waals surface area (Å²) in [6.45, 7) is 0. The van der Waals surface area contributed by atoms with Crippen molar-refractivity contribution in [1.82, 2.24) is 0 Å². The molecule has 0 aromatic carbocycles. The Kier molecular flexibility index (Phi) is 1.03. The highest BCUT2D eigenvalue weighted by atomic mass is 16.4. The monoisotopic (exact) mass is 128 g/mol. The zero-order valence-electron chi connectivity index (χ0n) is 4.35. The highest BCUT2D eigenvalue weighted by Crippen LogP contribution is 2.09. The van der Waals surface area contributed by atoms with E-state index in [2.05, 4.69) is 15.2 Å².